The number of piperidine rings is 1. The lowest BCUT2D eigenvalue weighted by Gasteiger charge is -2.30. The molecule has 162 valence electrons. The first kappa shape index (κ1) is 21.6. The van der Waals surface area contributed by atoms with Crippen molar-refractivity contribution in [2.45, 2.75) is 31.2 Å². The molecule has 1 N–H and O–H groups in total. The quantitative estimate of drug-likeness (QED) is 0.422. The lowest BCUT2D eigenvalue weighted by molar-refractivity contribution is -0.126. The van der Waals surface area contributed by atoms with Gasteiger partial charge in [-0.3, -0.25) is 9.69 Å². The van der Waals surface area contributed by atoms with E-state index in [4.69, 9.17) is 4.52 Å². The SMILES string of the molecule is Cc1cccc(-c2noc(CN3CCC(C(=O)NCCSc4ccccc4)CC3)n2)c1. The Morgan fingerprint density at radius 1 is 1.16 bits per heavy atom. The van der Waals surface area contributed by atoms with Crippen LogP contribution in [0.15, 0.2) is 64.0 Å². The fraction of sp³-hybridized carbons (Fsp3) is 0.375. The number of hydrogen-bond acceptors (Lipinski definition) is 6. The van der Waals surface area contributed by atoms with Gasteiger partial charge in [-0.2, -0.15) is 4.98 Å². The summed E-state index contributed by atoms with van der Waals surface area (Å²) in [7, 11) is 0. The second-order valence-corrected chi connectivity index (χ2v) is 9.05. The van der Waals surface area contributed by atoms with Crippen LogP contribution in [-0.2, 0) is 11.3 Å². The van der Waals surface area contributed by atoms with Crippen LogP contribution in [0.3, 0.4) is 0 Å². The third-order valence-corrected chi connectivity index (χ3v) is 6.49. The molecule has 0 spiro atoms. The van der Waals surface area contributed by atoms with Crippen molar-refractivity contribution in [1.82, 2.24) is 20.4 Å². The molecule has 1 saturated heterocycles. The smallest absolute Gasteiger partial charge is 0.241 e. The number of aryl methyl sites for hydroxylation is 1. The second kappa shape index (κ2) is 10.6. The molecule has 6 nitrogen and oxygen atoms in total. The summed E-state index contributed by atoms with van der Waals surface area (Å²) in [6.45, 7) is 5.09. The highest BCUT2D eigenvalue weighted by molar-refractivity contribution is 7.99. The standard InChI is InChI=1S/C24H28N4O2S/c1-18-6-5-7-20(16-18)23-26-22(30-27-23)17-28-13-10-19(11-14-28)24(29)25-12-15-31-21-8-3-2-4-9-21/h2-9,16,19H,10-15,17H2,1H3,(H,25,29). The van der Waals surface area contributed by atoms with Crippen LogP contribution in [0.2, 0.25) is 0 Å². The number of aromatic nitrogens is 2. The summed E-state index contributed by atoms with van der Waals surface area (Å²) in [6, 6.07) is 18.4. The molecule has 2 aromatic carbocycles. The molecule has 1 aromatic heterocycles. The summed E-state index contributed by atoms with van der Waals surface area (Å²) < 4.78 is 5.45. The Hall–Kier alpha value is -2.64. The van der Waals surface area contributed by atoms with Crippen molar-refractivity contribution in [3.05, 3.63) is 66.1 Å². The van der Waals surface area contributed by atoms with Crippen LogP contribution in [0, 0.1) is 12.8 Å². The van der Waals surface area contributed by atoms with Gasteiger partial charge < -0.3 is 9.84 Å². The lowest BCUT2D eigenvalue weighted by atomic mass is 9.96. The minimum absolute atomic E-state index is 0.0866. The van der Waals surface area contributed by atoms with Crippen LogP contribution in [0.1, 0.15) is 24.3 Å². The largest absolute Gasteiger partial charge is 0.355 e. The zero-order valence-corrected chi connectivity index (χ0v) is 18.6. The molecular weight excluding hydrogens is 408 g/mol. The maximum atomic E-state index is 12.5. The monoisotopic (exact) mass is 436 g/mol. The van der Waals surface area contributed by atoms with Gasteiger partial charge in [0.25, 0.3) is 0 Å². The molecule has 3 aromatic rings. The number of carbonyl (C=O) groups excluding carboxylic acids is 1. The molecule has 0 atom stereocenters. The fourth-order valence-corrected chi connectivity index (χ4v) is 4.56. The lowest BCUT2D eigenvalue weighted by Crippen LogP contribution is -2.40. The summed E-state index contributed by atoms with van der Waals surface area (Å²) in [4.78, 5) is 20.5. The molecule has 0 unspecified atom stereocenters. The Bertz CT molecular complexity index is 984. The highest BCUT2D eigenvalue weighted by atomic mass is 32.2. The van der Waals surface area contributed by atoms with Gasteiger partial charge in [-0.1, -0.05) is 47.1 Å². The van der Waals surface area contributed by atoms with Gasteiger partial charge in [-0.25, -0.2) is 0 Å². The van der Waals surface area contributed by atoms with E-state index < -0.39 is 0 Å². The first-order valence-corrected chi connectivity index (χ1v) is 11.7. The average Bonchev–Trinajstić information content (AvgIpc) is 3.26. The zero-order chi connectivity index (χ0) is 21.5. The molecule has 0 bridgehead atoms. The van der Waals surface area contributed by atoms with E-state index in [9.17, 15) is 4.79 Å². The van der Waals surface area contributed by atoms with Gasteiger partial charge in [0.2, 0.25) is 17.6 Å². The number of thioether (sulfide) groups is 1. The van der Waals surface area contributed by atoms with Gasteiger partial charge in [0, 0.05) is 28.7 Å². The number of carbonyl (C=O) groups is 1. The van der Waals surface area contributed by atoms with Crippen molar-refractivity contribution in [2.75, 3.05) is 25.4 Å². The average molecular weight is 437 g/mol. The molecule has 4 rings (SSSR count). The molecule has 2 heterocycles. The van der Waals surface area contributed by atoms with Crippen LogP contribution >= 0.6 is 11.8 Å². The van der Waals surface area contributed by atoms with E-state index in [0.29, 0.717) is 24.8 Å². The Morgan fingerprint density at radius 2 is 1.97 bits per heavy atom. The number of rotatable bonds is 8. The van der Waals surface area contributed by atoms with Crippen LogP contribution in [0.25, 0.3) is 11.4 Å². The van der Waals surface area contributed by atoms with Crippen LogP contribution in [-0.4, -0.2) is 46.3 Å². The highest BCUT2D eigenvalue weighted by Crippen LogP contribution is 2.21. The van der Waals surface area contributed by atoms with Crippen molar-refractivity contribution in [1.29, 1.82) is 0 Å². The highest BCUT2D eigenvalue weighted by Gasteiger charge is 2.25. The van der Waals surface area contributed by atoms with Crippen LogP contribution in [0.5, 0.6) is 0 Å². The molecule has 1 aliphatic rings. The third kappa shape index (κ3) is 6.18. The molecule has 0 aliphatic carbocycles. The second-order valence-electron chi connectivity index (χ2n) is 7.88. The van der Waals surface area contributed by atoms with Gasteiger partial charge >= 0.3 is 0 Å². The Labute approximate surface area is 187 Å². The first-order chi connectivity index (χ1) is 15.2. The first-order valence-electron chi connectivity index (χ1n) is 10.7. The minimum atomic E-state index is 0.0866. The number of likely N-dealkylation sites (tertiary alicyclic amines) is 1. The summed E-state index contributed by atoms with van der Waals surface area (Å²) in [6.07, 6.45) is 1.72. The van der Waals surface area contributed by atoms with E-state index in [1.165, 1.54) is 10.5 Å². The van der Waals surface area contributed by atoms with E-state index in [1.54, 1.807) is 11.8 Å². The van der Waals surface area contributed by atoms with E-state index >= 15 is 0 Å². The predicted molar refractivity (Wildman–Crippen MR) is 123 cm³/mol. The fourth-order valence-electron chi connectivity index (χ4n) is 3.77. The van der Waals surface area contributed by atoms with Crippen molar-refractivity contribution >= 4 is 17.7 Å². The maximum Gasteiger partial charge on any atom is 0.241 e. The summed E-state index contributed by atoms with van der Waals surface area (Å²) >= 11 is 1.77. The molecule has 0 radical (unpaired) electrons. The van der Waals surface area contributed by atoms with Crippen molar-refractivity contribution in [3.8, 4) is 11.4 Å². The van der Waals surface area contributed by atoms with Crippen LogP contribution in [0.4, 0.5) is 0 Å². The van der Waals surface area contributed by atoms with E-state index in [0.717, 1.165) is 37.2 Å². The summed E-state index contributed by atoms with van der Waals surface area (Å²) in [5, 5.41) is 7.22. The number of amides is 1. The Kier molecular flexibility index (Phi) is 7.38. The van der Waals surface area contributed by atoms with Gasteiger partial charge in [0.15, 0.2) is 0 Å². The molecule has 0 saturated carbocycles. The van der Waals surface area contributed by atoms with Crippen molar-refractivity contribution < 1.29 is 9.32 Å². The molecule has 7 heteroatoms. The van der Waals surface area contributed by atoms with E-state index in [2.05, 4.69) is 38.6 Å². The molecule has 1 amide bonds. The topological polar surface area (TPSA) is 71.3 Å². The molecule has 1 aliphatic heterocycles. The number of nitrogens with zero attached hydrogens (tertiary/aromatic N) is 3. The van der Waals surface area contributed by atoms with Crippen LogP contribution < -0.4 is 5.32 Å². The third-order valence-electron chi connectivity index (χ3n) is 5.47. The van der Waals surface area contributed by atoms with Gasteiger partial charge in [0.05, 0.1) is 6.54 Å². The zero-order valence-electron chi connectivity index (χ0n) is 17.8. The Balaban J connectivity index is 1.18. The van der Waals surface area contributed by atoms with Gasteiger partial charge in [-0.15, -0.1) is 11.8 Å². The number of nitrogens with one attached hydrogen (secondary N) is 1. The van der Waals surface area contributed by atoms with E-state index in [1.807, 2.05) is 43.3 Å². The number of hydrogen-bond donors (Lipinski definition) is 1. The predicted octanol–water partition coefficient (Wildman–Crippen LogP) is 4.17. The van der Waals surface area contributed by atoms with Crippen molar-refractivity contribution in [2.24, 2.45) is 5.92 Å². The Morgan fingerprint density at radius 3 is 2.74 bits per heavy atom. The molecule has 31 heavy (non-hydrogen) atoms. The van der Waals surface area contributed by atoms with E-state index in [-0.39, 0.29) is 11.8 Å². The number of benzene rings is 2. The molecule has 1 fully saturated rings. The minimum Gasteiger partial charge on any atom is -0.355 e. The maximum absolute atomic E-state index is 12.5. The molecular formula is C24H28N4O2S. The van der Waals surface area contributed by atoms with Gasteiger partial charge in [-0.05, 0) is 51.1 Å². The summed E-state index contributed by atoms with van der Waals surface area (Å²) in [5.74, 6) is 2.39. The van der Waals surface area contributed by atoms with Gasteiger partial charge in [0.1, 0.15) is 0 Å². The summed E-state index contributed by atoms with van der Waals surface area (Å²) in [5.41, 5.74) is 2.14. The van der Waals surface area contributed by atoms with Crippen molar-refractivity contribution in [3.63, 3.8) is 0 Å². The normalized spacial score (nSPS) is 15.1.